The molecule has 2 aliphatic rings. The largest absolute Gasteiger partial charge is 0.299 e. The second-order valence-electron chi connectivity index (χ2n) is 6.64. The number of nitriles is 1. The third kappa shape index (κ3) is 3.22. The van der Waals surface area contributed by atoms with Gasteiger partial charge in [-0.1, -0.05) is 33.1 Å². The number of hydrogen-bond donors (Lipinski definition) is 0. The van der Waals surface area contributed by atoms with E-state index in [9.17, 15) is 5.26 Å². The van der Waals surface area contributed by atoms with Crippen LogP contribution in [0.4, 0.5) is 0 Å². The highest BCUT2D eigenvalue weighted by Crippen LogP contribution is 2.34. The SMILES string of the molecule is CC1(C)CCN(C2CCCCCC2C#N)CC1. The van der Waals surface area contributed by atoms with E-state index in [1.54, 1.807) is 0 Å². The lowest BCUT2D eigenvalue weighted by Crippen LogP contribution is -2.46. The maximum atomic E-state index is 9.34. The van der Waals surface area contributed by atoms with E-state index in [0.29, 0.717) is 17.4 Å². The van der Waals surface area contributed by atoms with Gasteiger partial charge in [0.05, 0.1) is 12.0 Å². The van der Waals surface area contributed by atoms with Crippen molar-refractivity contribution in [1.29, 1.82) is 5.26 Å². The van der Waals surface area contributed by atoms with Gasteiger partial charge in [-0.15, -0.1) is 0 Å². The average Bonchev–Trinajstić information content (AvgIpc) is 2.54. The van der Waals surface area contributed by atoms with Gasteiger partial charge in [0.2, 0.25) is 0 Å². The van der Waals surface area contributed by atoms with Gasteiger partial charge in [0, 0.05) is 6.04 Å². The van der Waals surface area contributed by atoms with Gasteiger partial charge in [0.1, 0.15) is 0 Å². The Hall–Kier alpha value is -0.550. The average molecular weight is 234 g/mol. The zero-order chi connectivity index (χ0) is 12.3. The molecule has 0 spiro atoms. The van der Waals surface area contributed by atoms with E-state index in [2.05, 4.69) is 24.8 Å². The van der Waals surface area contributed by atoms with Gasteiger partial charge in [-0.05, 0) is 44.2 Å². The first kappa shape index (κ1) is 12.9. The van der Waals surface area contributed by atoms with Crippen molar-refractivity contribution in [3.63, 3.8) is 0 Å². The van der Waals surface area contributed by atoms with Crippen molar-refractivity contribution in [2.24, 2.45) is 11.3 Å². The van der Waals surface area contributed by atoms with Crippen molar-refractivity contribution in [2.45, 2.75) is 64.8 Å². The number of piperidine rings is 1. The van der Waals surface area contributed by atoms with Crippen LogP contribution < -0.4 is 0 Å². The van der Waals surface area contributed by atoms with Gasteiger partial charge >= 0.3 is 0 Å². The molecule has 0 aromatic carbocycles. The molecule has 2 rings (SSSR count). The summed E-state index contributed by atoms with van der Waals surface area (Å²) in [6, 6.07) is 3.12. The fourth-order valence-electron chi connectivity index (χ4n) is 3.34. The molecule has 2 unspecified atom stereocenters. The second kappa shape index (κ2) is 5.40. The Labute approximate surface area is 106 Å². The lowest BCUT2D eigenvalue weighted by molar-refractivity contribution is 0.0735. The summed E-state index contributed by atoms with van der Waals surface area (Å²) in [6.45, 7) is 7.16. The maximum Gasteiger partial charge on any atom is 0.0672 e. The van der Waals surface area contributed by atoms with E-state index in [1.807, 2.05) is 0 Å². The molecule has 0 radical (unpaired) electrons. The topological polar surface area (TPSA) is 27.0 Å². The highest BCUT2D eigenvalue weighted by Gasteiger charge is 2.33. The molecule has 1 aliphatic carbocycles. The quantitative estimate of drug-likeness (QED) is 0.648. The second-order valence-corrected chi connectivity index (χ2v) is 6.64. The summed E-state index contributed by atoms with van der Waals surface area (Å²) < 4.78 is 0. The molecule has 1 aliphatic heterocycles. The highest BCUT2D eigenvalue weighted by atomic mass is 15.2. The Balaban J connectivity index is 1.98. The van der Waals surface area contributed by atoms with Gasteiger partial charge in [0.25, 0.3) is 0 Å². The summed E-state index contributed by atoms with van der Waals surface area (Å²) in [6.07, 6.45) is 8.87. The van der Waals surface area contributed by atoms with Crippen LogP contribution in [-0.2, 0) is 0 Å². The molecule has 0 bridgehead atoms. The van der Waals surface area contributed by atoms with Crippen molar-refractivity contribution in [2.75, 3.05) is 13.1 Å². The Kier molecular flexibility index (Phi) is 4.09. The number of likely N-dealkylation sites (tertiary alicyclic amines) is 1. The van der Waals surface area contributed by atoms with Gasteiger partial charge in [-0.3, -0.25) is 4.90 Å². The number of rotatable bonds is 1. The third-order valence-electron chi connectivity index (χ3n) is 4.77. The Morgan fingerprint density at radius 1 is 1.06 bits per heavy atom. The Morgan fingerprint density at radius 2 is 1.71 bits per heavy atom. The van der Waals surface area contributed by atoms with Gasteiger partial charge in [0.15, 0.2) is 0 Å². The van der Waals surface area contributed by atoms with Crippen LogP contribution in [0.3, 0.4) is 0 Å². The van der Waals surface area contributed by atoms with E-state index in [1.165, 1.54) is 51.6 Å². The molecular formula is C15H26N2. The first-order valence-electron chi connectivity index (χ1n) is 7.26. The molecule has 17 heavy (non-hydrogen) atoms. The van der Waals surface area contributed by atoms with Crippen molar-refractivity contribution in [3.05, 3.63) is 0 Å². The van der Waals surface area contributed by atoms with E-state index in [0.717, 1.165) is 6.42 Å². The Morgan fingerprint density at radius 3 is 2.35 bits per heavy atom. The molecule has 2 nitrogen and oxygen atoms in total. The minimum absolute atomic E-state index is 0.290. The normalized spacial score (nSPS) is 34.9. The highest BCUT2D eigenvalue weighted by molar-refractivity contribution is 4.96. The van der Waals surface area contributed by atoms with Gasteiger partial charge in [-0.25, -0.2) is 0 Å². The Bertz CT molecular complexity index is 280. The molecule has 2 fully saturated rings. The van der Waals surface area contributed by atoms with Crippen molar-refractivity contribution < 1.29 is 0 Å². The summed E-state index contributed by atoms with van der Waals surface area (Å²) in [5.74, 6) is 0.290. The van der Waals surface area contributed by atoms with Crippen LogP contribution in [0.2, 0.25) is 0 Å². The predicted molar refractivity (Wildman–Crippen MR) is 70.6 cm³/mol. The summed E-state index contributed by atoms with van der Waals surface area (Å²) >= 11 is 0. The summed E-state index contributed by atoms with van der Waals surface area (Å²) in [5.41, 5.74) is 0.517. The first-order valence-corrected chi connectivity index (χ1v) is 7.26. The molecule has 2 atom stereocenters. The first-order chi connectivity index (χ1) is 8.12. The van der Waals surface area contributed by atoms with Crippen LogP contribution in [0.25, 0.3) is 0 Å². The third-order valence-corrected chi connectivity index (χ3v) is 4.77. The fourth-order valence-corrected chi connectivity index (χ4v) is 3.34. The maximum absolute atomic E-state index is 9.34. The zero-order valence-corrected chi connectivity index (χ0v) is 11.4. The van der Waals surface area contributed by atoms with E-state index < -0.39 is 0 Å². The van der Waals surface area contributed by atoms with Crippen LogP contribution in [-0.4, -0.2) is 24.0 Å². The van der Waals surface area contributed by atoms with Gasteiger partial charge in [-0.2, -0.15) is 5.26 Å². The molecule has 2 heteroatoms. The smallest absolute Gasteiger partial charge is 0.0672 e. The molecule has 0 N–H and O–H groups in total. The summed E-state index contributed by atoms with van der Waals surface area (Å²) in [5, 5.41) is 9.34. The standard InChI is InChI=1S/C15H26N2/c1-15(2)8-10-17(11-9-15)14-7-5-3-4-6-13(14)12-16/h13-14H,3-11H2,1-2H3. The van der Waals surface area contributed by atoms with Crippen molar-refractivity contribution in [3.8, 4) is 6.07 Å². The van der Waals surface area contributed by atoms with E-state index in [-0.39, 0.29) is 0 Å². The molecule has 96 valence electrons. The molecule has 0 aromatic rings. The summed E-state index contributed by atoms with van der Waals surface area (Å²) in [4.78, 5) is 2.62. The molecule has 1 saturated heterocycles. The van der Waals surface area contributed by atoms with E-state index in [4.69, 9.17) is 0 Å². The number of nitrogens with zero attached hydrogens (tertiary/aromatic N) is 2. The lowest BCUT2D eigenvalue weighted by Gasteiger charge is -2.42. The molecule has 0 aromatic heterocycles. The summed E-state index contributed by atoms with van der Waals surface area (Å²) in [7, 11) is 0. The lowest BCUT2D eigenvalue weighted by atomic mass is 9.81. The number of hydrogen-bond acceptors (Lipinski definition) is 2. The van der Waals surface area contributed by atoms with Crippen LogP contribution in [0, 0.1) is 22.7 Å². The van der Waals surface area contributed by atoms with Gasteiger partial charge < -0.3 is 0 Å². The van der Waals surface area contributed by atoms with Crippen molar-refractivity contribution >= 4 is 0 Å². The monoisotopic (exact) mass is 234 g/mol. The van der Waals surface area contributed by atoms with Crippen LogP contribution in [0.15, 0.2) is 0 Å². The van der Waals surface area contributed by atoms with E-state index >= 15 is 0 Å². The van der Waals surface area contributed by atoms with Crippen LogP contribution >= 0.6 is 0 Å². The van der Waals surface area contributed by atoms with Crippen LogP contribution in [0.1, 0.15) is 58.8 Å². The molecular weight excluding hydrogens is 208 g/mol. The minimum atomic E-state index is 0.290. The molecule has 0 amide bonds. The van der Waals surface area contributed by atoms with Crippen molar-refractivity contribution in [1.82, 2.24) is 4.90 Å². The predicted octanol–water partition coefficient (Wildman–Crippen LogP) is 3.58. The molecule has 1 saturated carbocycles. The van der Waals surface area contributed by atoms with Crippen LogP contribution in [0.5, 0.6) is 0 Å². The zero-order valence-electron chi connectivity index (χ0n) is 11.4. The fraction of sp³-hybridized carbons (Fsp3) is 0.933. The minimum Gasteiger partial charge on any atom is -0.299 e. The molecule has 1 heterocycles.